The highest BCUT2D eigenvalue weighted by Gasteiger charge is 2.11. The van der Waals surface area contributed by atoms with Gasteiger partial charge in [-0.1, -0.05) is 49.6 Å². The van der Waals surface area contributed by atoms with E-state index in [1.54, 1.807) is 25.4 Å². The number of nitrogens with one attached hydrogen (secondary N) is 2. The Morgan fingerprint density at radius 3 is 2.45 bits per heavy atom. The molecule has 6 heteroatoms. The van der Waals surface area contributed by atoms with E-state index in [0.717, 1.165) is 40.9 Å². The molecule has 0 saturated carbocycles. The molecule has 0 bridgehead atoms. The Hall–Kier alpha value is -4.16. The quantitative estimate of drug-likeness (QED) is 0.226. The minimum Gasteiger partial charge on any atom is -0.495 e. The van der Waals surface area contributed by atoms with Crippen molar-refractivity contribution in [2.24, 2.45) is 0 Å². The first-order valence-corrected chi connectivity index (χ1v) is 12.5. The number of fused-ring (bicyclic) bond motifs is 1. The molecule has 0 aliphatic carbocycles. The number of ether oxygens (including phenoxy) is 1. The molecule has 0 aliphatic rings. The van der Waals surface area contributed by atoms with Crippen molar-refractivity contribution in [3.05, 3.63) is 120 Å². The van der Waals surface area contributed by atoms with Crippen molar-refractivity contribution in [1.29, 1.82) is 0 Å². The van der Waals surface area contributed by atoms with Gasteiger partial charge in [-0.25, -0.2) is 4.39 Å². The summed E-state index contributed by atoms with van der Waals surface area (Å²) < 4.78 is 20.1. The molecule has 0 unspecified atom stereocenters. The Morgan fingerprint density at radius 2 is 1.82 bits per heavy atom. The van der Waals surface area contributed by atoms with Crippen LogP contribution in [-0.2, 0) is 12.8 Å². The van der Waals surface area contributed by atoms with Crippen LogP contribution in [0, 0.1) is 5.82 Å². The standard InChI is InChI=1S/C22H22FN3O.C10H15N/c1-5-14(2)26-17-7-6-16(19(23)11-17)10-15-8-9-25-20-13-21(24-3)22(27-4)12-18(15)20;1-11(2)9-8-10-6-4-3-5-7-10/h5-9,11-13,24,26H,1-2,10H2,3-4H3;3-7H,8-9H2,1-2H3. The fourth-order valence-electron chi connectivity index (χ4n) is 3.96. The molecule has 0 spiro atoms. The smallest absolute Gasteiger partial charge is 0.142 e. The topological polar surface area (TPSA) is 49.4 Å². The van der Waals surface area contributed by atoms with Crippen molar-refractivity contribution in [2.45, 2.75) is 12.8 Å². The Bertz CT molecular complexity index is 1370. The molecule has 2 N–H and O–H groups in total. The Balaban J connectivity index is 0.000000304. The monoisotopic (exact) mass is 512 g/mol. The molecule has 0 saturated heterocycles. The van der Waals surface area contributed by atoms with Gasteiger partial charge in [-0.15, -0.1) is 0 Å². The predicted octanol–water partition coefficient (Wildman–Crippen LogP) is 6.92. The molecule has 5 nitrogen and oxygen atoms in total. The normalized spacial score (nSPS) is 10.5. The fraction of sp³-hybridized carbons (Fsp3) is 0.219. The number of anilines is 2. The summed E-state index contributed by atoms with van der Waals surface area (Å²) in [4.78, 5) is 6.63. The van der Waals surface area contributed by atoms with Gasteiger partial charge in [0, 0.05) is 43.0 Å². The van der Waals surface area contributed by atoms with Crippen LogP contribution in [0.5, 0.6) is 5.75 Å². The van der Waals surface area contributed by atoms with Gasteiger partial charge in [0.15, 0.2) is 0 Å². The minimum absolute atomic E-state index is 0.277. The van der Waals surface area contributed by atoms with E-state index < -0.39 is 0 Å². The van der Waals surface area contributed by atoms with Crippen molar-refractivity contribution in [3.8, 4) is 5.75 Å². The van der Waals surface area contributed by atoms with Gasteiger partial charge >= 0.3 is 0 Å². The Labute approximate surface area is 225 Å². The maximum atomic E-state index is 14.6. The summed E-state index contributed by atoms with van der Waals surface area (Å²) >= 11 is 0. The van der Waals surface area contributed by atoms with E-state index in [9.17, 15) is 4.39 Å². The summed E-state index contributed by atoms with van der Waals surface area (Å²) in [6, 6.07) is 21.4. The molecule has 0 amide bonds. The lowest BCUT2D eigenvalue weighted by molar-refractivity contribution is 0.413. The van der Waals surface area contributed by atoms with Gasteiger partial charge in [0.2, 0.25) is 0 Å². The Morgan fingerprint density at radius 1 is 1.05 bits per heavy atom. The van der Waals surface area contributed by atoms with Crippen LogP contribution in [0.25, 0.3) is 10.9 Å². The molecule has 1 aromatic heterocycles. The highest BCUT2D eigenvalue weighted by atomic mass is 19.1. The average molecular weight is 513 g/mol. The number of allylic oxidation sites excluding steroid dienone is 1. The number of methoxy groups -OCH3 is 1. The number of pyridine rings is 1. The van der Waals surface area contributed by atoms with Gasteiger partial charge in [-0.3, -0.25) is 4.98 Å². The maximum Gasteiger partial charge on any atom is 0.142 e. The number of halogens is 1. The van der Waals surface area contributed by atoms with Crippen molar-refractivity contribution in [1.82, 2.24) is 9.88 Å². The molecule has 0 fully saturated rings. The lowest BCUT2D eigenvalue weighted by Crippen LogP contribution is -2.14. The number of nitrogens with zero attached hydrogens (tertiary/aromatic N) is 2. The Kier molecular flexibility index (Phi) is 10.4. The molecule has 0 aliphatic heterocycles. The summed E-state index contributed by atoms with van der Waals surface area (Å²) in [5.41, 5.74) is 5.96. The molecule has 0 radical (unpaired) electrons. The summed E-state index contributed by atoms with van der Waals surface area (Å²) in [6.45, 7) is 8.54. The zero-order valence-electron chi connectivity index (χ0n) is 22.7. The molecule has 1 heterocycles. The van der Waals surface area contributed by atoms with Gasteiger partial charge < -0.3 is 20.3 Å². The summed E-state index contributed by atoms with van der Waals surface area (Å²) in [5.74, 6) is 0.447. The van der Waals surface area contributed by atoms with E-state index in [0.29, 0.717) is 23.4 Å². The second-order valence-corrected chi connectivity index (χ2v) is 9.17. The molecule has 0 atom stereocenters. The first-order chi connectivity index (χ1) is 18.3. The first-order valence-electron chi connectivity index (χ1n) is 12.5. The molecule has 3 aromatic carbocycles. The zero-order chi connectivity index (χ0) is 27.5. The van der Waals surface area contributed by atoms with E-state index >= 15 is 0 Å². The SMILES string of the molecule is C=CC(=C)Nc1ccc(Cc2ccnc3cc(NC)c(OC)cc23)c(F)c1.CN(C)CCc1ccccc1. The molecular weight excluding hydrogens is 475 g/mol. The highest BCUT2D eigenvalue weighted by molar-refractivity contribution is 5.88. The van der Waals surface area contributed by atoms with Gasteiger partial charge in [0.05, 0.1) is 18.3 Å². The summed E-state index contributed by atoms with van der Waals surface area (Å²) in [5, 5.41) is 7.03. The van der Waals surface area contributed by atoms with E-state index in [1.165, 1.54) is 11.6 Å². The van der Waals surface area contributed by atoms with Crippen LogP contribution in [0.3, 0.4) is 0 Å². The van der Waals surface area contributed by atoms with Crippen LogP contribution in [0.4, 0.5) is 15.8 Å². The van der Waals surface area contributed by atoms with Crippen LogP contribution in [0.15, 0.2) is 97.9 Å². The van der Waals surface area contributed by atoms with E-state index in [1.807, 2.05) is 31.3 Å². The maximum absolute atomic E-state index is 14.6. The number of aromatic nitrogens is 1. The first kappa shape index (κ1) is 28.4. The van der Waals surface area contributed by atoms with E-state index in [4.69, 9.17) is 4.74 Å². The molecule has 4 rings (SSSR count). The lowest BCUT2D eigenvalue weighted by Gasteiger charge is -2.13. The van der Waals surface area contributed by atoms with Crippen LogP contribution >= 0.6 is 0 Å². The van der Waals surface area contributed by atoms with Gasteiger partial charge in [0.25, 0.3) is 0 Å². The third-order valence-electron chi connectivity index (χ3n) is 6.10. The second kappa shape index (κ2) is 14.0. The molecule has 4 aromatic rings. The summed E-state index contributed by atoms with van der Waals surface area (Å²) in [6.07, 6.45) is 4.93. The highest BCUT2D eigenvalue weighted by Crippen LogP contribution is 2.32. The minimum atomic E-state index is -0.277. The van der Waals surface area contributed by atoms with E-state index in [-0.39, 0.29) is 5.82 Å². The third-order valence-corrected chi connectivity index (χ3v) is 6.10. The fourth-order valence-corrected chi connectivity index (χ4v) is 3.96. The van der Waals surface area contributed by atoms with Crippen LogP contribution in [0.2, 0.25) is 0 Å². The van der Waals surface area contributed by atoms with E-state index in [2.05, 4.69) is 78.1 Å². The van der Waals surface area contributed by atoms with Crippen LogP contribution < -0.4 is 15.4 Å². The summed E-state index contributed by atoms with van der Waals surface area (Å²) in [7, 11) is 7.66. The molecule has 198 valence electrons. The number of rotatable bonds is 10. The van der Waals surface area contributed by atoms with Crippen molar-refractivity contribution in [3.63, 3.8) is 0 Å². The largest absolute Gasteiger partial charge is 0.495 e. The number of hydrogen-bond donors (Lipinski definition) is 2. The van der Waals surface area contributed by atoms with Gasteiger partial charge in [0.1, 0.15) is 11.6 Å². The molecular formula is C32H37FN4O. The second-order valence-electron chi connectivity index (χ2n) is 9.17. The van der Waals surface area contributed by atoms with Crippen LogP contribution in [-0.4, -0.2) is 44.7 Å². The van der Waals surface area contributed by atoms with Crippen LogP contribution in [0.1, 0.15) is 16.7 Å². The molecule has 38 heavy (non-hydrogen) atoms. The number of hydrogen-bond acceptors (Lipinski definition) is 5. The van der Waals surface area contributed by atoms with Crippen molar-refractivity contribution in [2.75, 3.05) is 45.4 Å². The number of likely N-dealkylation sites (N-methyl/N-ethyl adjacent to an activating group) is 1. The van der Waals surface area contributed by atoms with Crippen molar-refractivity contribution >= 4 is 22.3 Å². The third kappa shape index (κ3) is 7.92. The van der Waals surface area contributed by atoms with Crippen molar-refractivity contribution < 1.29 is 9.13 Å². The van der Waals surface area contributed by atoms with Gasteiger partial charge in [-0.05, 0) is 73.6 Å². The average Bonchev–Trinajstić information content (AvgIpc) is 2.93. The number of benzene rings is 3. The predicted molar refractivity (Wildman–Crippen MR) is 159 cm³/mol. The lowest BCUT2D eigenvalue weighted by atomic mass is 10.00. The zero-order valence-corrected chi connectivity index (χ0v) is 22.7. The van der Waals surface area contributed by atoms with Gasteiger partial charge in [-0.2, -0.15) is 0 Å².